The van der Waals surface area contributed by atoms with Crippen molar-refractivity contribution in [3.63, 3.8) is 0 Å². The van der Waals surface area contributed by atoms with Crippen molar-refractivity contribution in [2.75, 3.05) is 5.32 Å². The summed E-state index contributed by atoms with van der Waals surface area (Å²) < 4.78 is 3.20. The monoisotopic (exact) mass is 347 g/mol. The van der Waals surface area contributed by atoms with Crippen LogP contribution in [0.4, 0.5) is 5.69 Å². The van der Waals surface area contributed by atoms with Gasteiger partial charge in [-0.05, 0) is 66.7 Å². The van der Waals surface area contributed by atoms with Crippen LogP contribution in [0, 0.1) is 0 Å². The summed E-state index contributed by atoms with van der Waals surface area (Å²) in [6.45, 7) is 6.58. The highest BCUT2D eigenvalue weighted by molar-refractivity contribution is 9.10. The number of nitrogens with one attached hydrogen (secondary N) is 1. The van der Waals surface area contributed by atoms with Crippen molar-refractivity contribution in [3.8, 4) is 0 Å². The fourth-order valence-corrected chi connectivity index (χ4v) is 3.40. The molecular weight excluding hydrogens is 326 g/mol. The summed E-state index contributed by atoms with van der Waals surface area (Å²) in [5.41, 5.74) is 5.35. The third kappa shape index (κ3) is 3.00. The quantitative estimate of drug-likeness (QED) is 0.881. The molecule has 1 aliphatic rings. The van der Waals surface area contributed by atoms with E-state index >= 15 is 0 Å². The number of anilines is 1. The van der Waals surface area contributed by atoms with Crippen molar-refractivity contribution in [2.45, 2.75) is 52.1 Å². The molecule has 1 aromatic carbocycles. The number of fused-ring (bicyclic) bond motifs is 1. The summed E-state index contributed by atoms with van der Waals surface area (Å²) in [4.78, 5) is 0. The molecule has 0 bridgehead atoms. The lowest BCUT2D eigenvalue weighted by molar-refractivity contribution is 0.513. The van der Waals surface area contributed by atoms with Crippen LogP contribution < -0.4 is 5.32 Å². The Bertz CT molecular complexity index is 645. The second kappa shape index (κ2) is 5.84. The van der Waals surface area contributed by atoms with E-state index < -0.39 is 0 Å². The van der Waals surface area contributed by atoms with E-state index in [1.807, 2.05) is 6.20 Å². The van der Waals surface area contributed by atoms with Crippen molar-refractivity contribution >= 4 is 21.6 Å². The second-order valence-electron chi connectivity index (χ2n) is 6.23. The molecule has 3 nitrogen and oxygen atoms in total. The van der Waals surface area contributed by atoms with Gasteiger partial charge in [-0.1, -0.05) is 12.1 Å². The standard InChI is InChI=1S/C17H22BrN3/c1-11(2)21-17(15(18)10-19-21)9-13-5-7-16-14(8-13)6-4-12(3)20-16/h5,7-8,10-12,20H,4,6,9H2,1-3H3. The lowest BCUT2D eigenvalue weighted by Crippen LogP contribution is -2.21. The highest BCUT2D eigenvalue weighted by atomic mass is 79.9. The van der Waals surface area contributed by atoms with Crippen molar-refractivity contribution < 1.29 is 0 Å². The predicted molar refractivity (Wildman–Crippen MR) is 91.0 cm³/mol. The van der Waals surface area contributed by atoms with Crippen molar-refractivity contribution in [1.29, 1.82) is 0 Å². The van der Waals surface area contributed by atoms with E-state index in [9.17, 15) is 0 Å². The first kappa shape index (κ1) is 14.6. The number of halogens is 1. The van der Waals surface area contributed by atoms with E-state index in [1.165, 1.54) is 35.3 Å². The first-order valence-corrected chi connectivity index (χ1v) is 8.44. The predicted octanol–water partition coefficient (Wildman–Crippen LogP) is 4.56. The molecule has 112 valence electrons. The van der Waals surface area contributed by atoms with Gasteiger partial charge >= 0.3 is 0 Å². The lowest BCUT2D eigenvalue weighted by atomic mass is 9.96. The maximum Gasteiger partial charge on any atom is 0.0635 e. The van der Waals surface area contributed by atoms with Gasteiger partial charge in [-0.3, -0.25) is 4.68 Å². The van der Waals surface area contributed by atoms with Gasteiger partial charge < -0.3 is 5.32 Å². The molecule has 1 N–H and O–H groups in total. The van der Waals surface area contributed by atoms with Crippen LogP contribution in [0.2, 0.25) is 0 Å². The Morgan fingerprint density at radius 3 is 3.00 bits per heavy atom. The number of aromatic nitrogens is 2. The molecule has 0 saturated carbocycles. The second-order valence-corrected chi connectivity index (χ2v) is 7.08. The molecule has 1 aliphatic heterocycles. The van der Waals surface area contributed by atoms with Crippen molar-refractivity contribution in [3.05, 3.63) is 45.7 Å². The first-order chi connectivity index (χ1) is 10.0. The lowest BCUT2D eigenvalue weighted by Gasteiger charge is -2.24. The Morgan fingerprint density at radius 2 is 2.24 bits per heavy atom. The van der Waals surface area contributed by atoms with E-state index in [4.69, 9.17) is 0 Å². The van der Waals surface area contributed by atoms with Gasteiger partial charge in [0, 0.05) is 24.2 Å². The molecule has 0 aliphatic carbocycles. The van der Waals surface area contributed by atoms with Crippen LogP contribution in [-0.4, -0.2) is 15.8 Å². The summed E-state index contributed by atoms with van der Waals surface area (Å²) in [6, 6.07) is 7.77. The molecular formula is C17H22BrN3. The summed E-state index contributed by atoms with van der Waals surface area (Å²) in [6.07, 6.45) is 5.20. The molecule has 2 aromatic rings. The van der Waals surface area contributed by atoms with Gasteiger partial charge in [-0.15, -0.1) is 0 Å². The van der Waals surface area contributed by atoms with Crippen LogP contribution in [0.3, 0.4) is 0 Å². The van der Waals surface area contributed by atoms with E-state index in [0.29, 0.717) is 12.1 Å². The molecule has 0 amide bonds. The highest BCUT2D eigenvalue weighted by Gasteiger charge is 2.16. The molecule has 2 heterocycles. The Labute approximate surface area is 134 Å². The van der Waals surface area contributed by atoms with Crippen molar-refractivity contribution in [1.82, 2.24) is 9.78 Å². The van der Waals surface area contributed by atoms with E-state index in [2.05, 4.69) is 70.0 Å². The highest BCUT2D eigenvalue weighted by Crippen LogP contribution is 2.28. The number of hydrogen-bond acceptors (Lipinski definition) is 2. The van der Waals surface area contributed by atoms with Gasteiger partial charge in [0.15, 0.2) is 0 Å². The number of aryl methyl sites for hydroxylation is 1. The Kier molecular flexibility index (Phi) is 4.07. The van der Waals surface area contributed by atoms with E-state index in [0.717, 1.165) is 10.9 Å². The van der Waals surface area contributed by atoms with Crippen LogP contribution in [0.25, 0.3) is 0 Å². The molecule has 21 heavy (non-hydrogen) atoms. The van der Waals surface area contributed by atoms with Crippen LogP contribution in [-0.2, 0) is 12.8 Å². The summed E-state index contributed by atoms with van der Waals surface area (Å²) in [5, 5.41) is 8.03. The number of nitrogens with zero attached hydrogens (tertiary/aromatic N) is 2. The van der Waals surface area contributed by atoms with Crippen LogP contribution in [0.15, 0.2) is 28.9 Å². The minimum atomic E-state index is 0.381. The van der Waals surface area contributed by atoms with Gasteiger partial charge in [0.25, 0.3) is 0 Å². The summed E-state index contributed by atoms with van der Waals surface area (Å²) >= 11 is 3.63. The fourth-order valence-electron chi connectivity index (χ4n) is 2.98. The minimum Gasteiger partial charge on any atom is -0.382 e. The summed E-state index contributed by atoms with van der Waals surface area (Å²) in [5.74, 6) is 0. The average molecular weight is 348 g/mol. The van der Waals surface area contributed by atoms with Gasteiger partial charge in [-0.2, -0.15) is 5.10 Å². The van der Waals surface area contributed by atoms with Crippen LogP contribution in [0.1, 0.15) is 50.1 Å². The zero-order chi connectivity index (χ0) is 15.0. The number of rotatable bonds is 3. The Hall–Kier alpha value is -1.29. The molecule has 1 atom stereocenters. The smallest absolute Gasteiger partial charge is 0.0635 e. The molecule has 0 spiro atoms. The number of benzene rings is 1. The fraction of sp³-hybridized carbons (Fsp3) is 0.471. The first-order valence-electron chi connectivity index (χ1n) is 7.65. The third-order valence-electron chi connectivity index (χ3n) is 4.13. The maximum absolute atomic E-state index is 4.47. The topological polar surface area (TPSA) is 29.9 Å². The van der Waals surface area contributed by atoms with Crippen LogP contribution in [0.5, 0.6) is 0 Å². The van der Waals surface area contributed by atoms with Gasteiger partial charge in [0.2, 0.25) is 0 Å². The van der Waals surface area contributed by atoms with Crippen LogP contribution >= 0.6 is 15.9 Å². The molecule has 0 radical (unpaired) electrons. The minimum absolute atomic E-state index is 0.381. The molecule has 0 fully saturated rings. The number of hydrogen-bond donors (Lipinski definition) is 1. The van der Waals surface area contributed by atoms with E-state index in [1.54, 1.807) is 0 Å². The maximum atomic E-state index is 4.47. The normalized spacial score (nSPS) is 17.7. The molecule has 4 heteroatoms. The van der Waals surface area contributed by atoms with Gasteiger partial charge in [0.1, 0.15) is 0 Å². The molecule has 3 rings (SSSR count). The Morgan fingerprint density at radius 1 is 1.43 bits per heavy atom. The average Bonchev–Trinajstić information content (AvgIpc) is 2.80. The zero-order valence-electron chi connectivity index (χ0n) is 12.9. The largest absolute Gasteiger partial charge is 0.382 e. The third-order valence-corrected chi connectivity index (χ3v) is 4.79. The Balaban J connectivity index is 1.88. The van der Waals surface area contributed by atoms with Gasteiger partial charge in [0.05, 0.1) is 16.4 Å². The molecule has 1 unspecified atom stereocenters. The zero-order valence-corrected chi connectivity index (χ0v) is 14.4. The molecule has 1 aromatic heterocycles. The summed E-state index contributed by atoms with van der Waals surface area (Å²) in [7, 11) is 0. The van der Waals surface area contributed by atoms with Gasteiger partial charge in [-0.25, -0.2) is 0 Å². The SMILES string of the molecule is CC1CCc2cc(Cc3c(Br)cnn3C(C)C)ccc2N1. The molecule has 0 saturated heterocycles. The van der Waals surface area contributed by atoms with Crippen molar-refractivity contribution in [2.24, 2.45) is 0 Å². The van der Waals surface area contributed by atoms with E-state index in [-0.39, 0.29) is 0 Å².